The molecule has 0 aliphatic rings. The van der Waals surface area contributed by atoms with Crippen molar-refractivity contribution in [2.24, 2.45) is 0 Å². The molecule has 0 radical (unpaired) electrons. The first-order valence-corrected chi connectivity index (χ1v) is 7.55. The van der Waals surface area contributed by atoms with Crippen LogP contribution in [0, 0.1) is 6.92 Å². The molecule has 2 aromatic carbocycles. The van der Waals surface area contributed by atoms with E-state index in [9.17, 15) is 0 Å². The molecule has 2 rings (SSSR count). The van der Waals surface area contributed by atoms with Crippen LogP contribution in [0.1, 0.15) is 22.7 Å². The monoisotopic (exact) mass is 349 g/mol. The molecule has 4 heteroatoms. The van der Waals surface area contributed by atoms with Crippen LogP contribution >= 0.6 is 15.9 Å². The molecule has 3 nitrogen and oxygen atoms in total. The predicted molar refractivity (Wildman–Crippen MR) is 89.3 cm³/mol. The highest BCUT2D eigenvalue weighted by Crippen LogP contribution is 2.37. The van der Waals surface area contributed by atoms with E-state index in [0.29, 0.717) is 0 Å². The van der Waals surface area contributed by atoms with E-state index >= 15 is 0 Å². The van der Waals surface area contributed by atoms with E-state index in [1.165, 1.54) is 11.1 Å². The number of methoxy groups -OCH3 is 2. The molecule has 0 aromatic heterocycles. The molecule has 21 heavy (non-hydrogen) atoms. The summed E-state index contributed by atoms with van der Waals surface area (Å²) in [6.45, 7) is 2.08. The van der Waals surface area contributed by atoms with Gasteiger partial charge in [-0.05, 0) is 47.6 Å². The highest BCUT2D eigenvalue weighted by atomic mass is 79.9. The molecule has 0 saturated carbocycles. The van der Waals surface area contributed by atoms with Crippen LogP contribution < -0.4 is 14.8 Å². The third-order valence-corrected chi connectivity index (χ3v) is 4.13. The molecule has 1 N–H and O–H groups in total. The van der Waals surface area contributed by atoms with Crippen molar-refractivity contribution < 1.29 is 9.47 Å². The fraction of sp³-hybridized carbons (Fsp3) is 0.294. The number of hydrogen-bond donors (Lipinski definition) is 1. The van der Waals surface area contributed by atoms with E-state index in [4.69, 9.17) is 9.47 Å². The van der Waals surface area contributed by atoms with Gasteiger partial charge in [0, 0.05) is 5.56 Å². The Morgan fingerprint density at radius 2 is 1.62 bits per heavy atom. The summed E-state index contributed by atoms with van der Waals surface area (Å²) in [5, 5.41) is 3.35. The molecular weight excluding hydrogens is 330 g/mol. The highest BCUT2D eigenvalue weighted by Gasteiger charge is 2.19. The molecular formula is C17H20BrNO2. The summed E-state index contributed by atoms with van der Waals surface area (Å²) in [6, 6.07) is 12.5. The van der Waals surface area contributed by atoms with E-state index in [2.05, 4.69) is 52.4 Å². The van der Waals surface area contributed by atoms with Gasteiger partial charge in [0.2, 0.25) is 0 Å². The van der Waals surface area contributed by atoms with Crippen molar-refractivity contribution in [1.29, 1.82) is 0 Å². The number of benzene rings is 2. The van der Waals surface area contributed by atoms with Crippen molar-refractivity contribution in [3.8, 4) is 11.5 Å². The van der Waals surface area contributed by atoms with Gasteiger partial charge in [0.05, 0.1) is 24.7 Å². The molecule has 0 spiro atoms. The van der Waals surface area contributed by atoms with E-state index in [-0.39, 0.29) is 6.04 Å². The lowest BCUT2D eigenvalue weighted by molar-refractivity contribution is 0.393. The predicted octanol–water partition coefficient (Wildman–Crippen LogP) is 4.08. The maximum absolute atomic E-state index is 5.53. The van der Waals surface area contributed by atoms with Crippen molar-refractivity contribution >= 4 is 15.9 Å². The van der Waals surface area contributed by atoms with Crippen LogP contribution in [-0.4, -0.2) is 21.3 Å². The maximum Gasteiger partial charge on any atom is 0.133 e. The van der Waals surface area contributed by atoms with Crippen LogP contribution in [0.4, 0.5) is 0 Å². The molecule has 1 unspecified atom stereocenters. The van der Waals surface area contributed by atoms with Crippen molar-refractivity contribution in [3.05, 3.63) is 57.6 Å². The van der Waals surface area contributed by atoms with Gasteiger partial charge < -0.3 is 14.8 Å². The van der Waals surface area contributed by atoms with Gasteiger partial charge in [0.25, 0.3) is 0 Å². The topological polar surface area (TPSA) is 30.5 Å². The van der Waals surface area contributed by atoms with Gasteiger partial charge in [-0.3, -0.25) is 0 Å². The van der Waals surface area contributed by atoms with E-state index < -0.39 is 0 Å². The van der Waals surface area contributed by atoms with Gasteiger partial charge >= 0.3 is 0 Å². The Balaban J connectivity index is 2.52. The normalized spacial score (nSPS) is 12.0. The summed E-state index contributed by atoms with van der Waals surface area (Å²) in [7, 11) is 5.29. The van der Waals surface area contributed by atoms with Crippen LogP contribution in [0.25, 0.3) is 0 Å². The minimum absolute atomic E-state index is 0.0440. The Morgan fingerprint density at radius 3 is 2.14 bits per heavy atom. The van der Waals surface area contributed by atoms with Crippen LogP contribution in [0.5, 0.6) is 11.5 Å². The van der Waals surface area contributed by atoms with Crippen LogP contribution in [0.15, 0.2) is 40.9 Å². The molecule has 0 heterocycles. The van der Waals surface area contributed by atoms with Crippen molar-refractivity contribution in [2.75, 3.05) is 21.3 Å². The standard InChI is InChI=1S/C17H20BrNO2/c1-11-5-7-12(8-6-11)17(19-2)13-9-16(21-4)14(18)10-15(13)20-3/h5-10,17,19H,1-4H3. The molecule has 0 aliphatic carbocycles. The second-order valence-corrected chi connectivity index (χ2v) is 5.72. The largest absolute Gasteiger partial charge is 0.496 e. The summed E-state index contributed by atoms with van der Waals surface area (Å²) in [5.41, 5.74) is 3.48. The van der Waals surface area contributed by atoms with Crippen molar-refractivity contribution in [2.45, 2.75) is 13.0 Å². The number of rotatable bonds is 5. The van der Waals surface area contributed by atoms with Crippen molar-refractivity contribution in [3.63, 3.8) is 0 Å². The molecule has 112 valence electrons. The lowest BCUT2D eigenvalue weighted by Gasteiger charge is -2.21. The zero-order valence-electron chi connectivity index (χ0n) is 12.7. The van der Waals surface area contributed by atoms with Crippen molar-refractivity contribution in [1.82, 2.24) is 5.32 Å². The lowest BCUT2D eigenvalue weighted by atomic mass is 9.97. The molecule has 0 fully saturated rings. The minimum atomic E-state index is 0.0440. The fourth-order valence-electron chi connectivity index (χ4n) is 2.37. The molecule has 0 amide bonds. The SMILES string of the molecule is CNC(c1ccc(C)cc1)c1cc(OC)c(Br)cc1OC. The van der Waals surface area contributed by atoms with Crippen LogP contribution in [-0.2, 0) is 0 Å². The molecule has 0 saturated heterocycles. The summed E-state index contributed by atoms with van der Waals surface area (Å²) >= 11 is 3.49. The second-order valence-electron chi connectivity index (χ2n) is 4.86. The number of nitrogens with one attached hydrogen (secondary N) is 1. The quantitative estimate of drug-likeness (QED) is 0.881. The van der Waals surface area contributed by atoms with Gasteiger partial charge in [-0.1, -0.05) is 29.8 Å². The Labute approximate surface area is 134 Å². The third-order valence-electron chi connectivity index (χ3n) is 3.51. The van der Waals surface area contributed by atoms with Crippen LogP contribution in [0.2, 0.25) is 0 Å². The third kappa shape index (κ3) is 3.39. The molecule has 2 aromatic rings. The van der Waals surface area contributed by atoms with E-state index in [0.717, 1.165) is 21.5 Å². The molecule has 0 bridgehead atoms. The Morgan fingerprint density at radius 1 is 1.00 bits per heavy atom. The summed E-state index contributed by atoms with van der Waals surface area (Å²) < 4.78 is 11.8. The molecule has 1 atom stereocenters. The van der Waals surface area contributed by atoms with Gasteiger partial charge in [-0.25, -0.2) is 0 Å². The van der Waals surface area contributed by atoms with Gasteiger partial charge in [-0.15, -0.1) is 0 Å². The number of aryl methyl sites for hydroxylation is 1. The zero-order valence-corrected chi connectivity index (χ0v) is 14.3. The number of hydrogen-bond acceptors (Lipinski definition) is 3. The first-order valence-electron chi connectivity index (χ1n) is 6.76. The van der Waals surface area contributed by atoms with E-state index in [1.54, 1.807) is 14.2 Å². The Hall–Kier alpha value is -1.52. The second kappa shape index (κ2) is 6.96. The molecule has 0 aliphatic heterocycles. The fourth-order valence-corrected chi connectivity index (χ4v) is 2.85. The highest BCUT2D eigenvalue weighted by molar-refractivity contribution is 9.10. The Bertz CT molecular complexity index is 611. The summed E-state index contributed by atoms with van der Waals surface area (Å²) in [5.74, 6) is 1.61. The van der Waals surface area contributed by atoms with Gasteiger partial charge in [-0.2, -0.15) is 0 Å². The average Bonchev–Trinajstić information content (AvgIpc) is 2.50. The first kappa shape index (κ1) is 15.9. The Kier molecular flexibility index (Phi) is 5.26. The number of halogens is 1. The van der Waals surface area contributed by atoms with Gasteiger partial charge in [0.1, 0.15) is 11.5 Å². The lowest BCUT2D eigenvalue weighted by Crippen LogP contribution is -2.18. The maximum atomic E-state index is 5.53. The number of ether oxygens (including phenoxy) is 2. The van der Waals surface area contributed by atoms with Crippen LogP contribution in [0.3, 0.4) is 0 Å². The zero-order chi connectivity index (χ0) is 15.4. The minimum Gasteiger partial charge on any atom is -0.496 e. The van der Waals surface area contributed by atoms with E-state index in [1.807, 2.05) is 19.2 Å². The average molecular weight is 350 g/mol. The first-order chi connectivity index (χ1) is 10.1. The summed E-state index contributed by atoms with van der Waals surface area (Å²) in [4.78, 5) is 0. The summed E-state index contributed by atoms with van der Waals surface area (Å²) in [6.07, 6.45) is 0. The van der Waals surface area contributed by atoms with Gasteiger partial charge in [0.15, 0.2) is 0 Å². The smallest absolute Gasteiger partial charge is 0.133 e.